The largest absolute Gasteiger partial charge is 0.393 e. The summed E-state index contributed by atoms with van der Waals surface area (Å²) >= 11 is 0. The van der Waals surface area contributed by atoms with Gasteiger partial charge in [0.1, 0.15) is 6.17 Å². The molecule has 0 saturated carbocycles. The van der Waals surface area contributed by atoms with E-state index < -0.39 is 18.9 Å². The number of aliphatic hydroxyl groups is 2. The van der Waals surface area contributed by atoms with Crippen LogP contribution in [0.4, 0.5) is 4.39 Å². The Hall–Kier alpha value is -1.79. The van der Waals surface area contributed by atoms with Gasteiger partial charge >= 0.3 is 0 Å². The maximum Gasteiger partial charge on any atom is 0.136 e. The molecule has 0 aromatic heterocycles. The number of hydrogen-bond donors (Lipinski definition) is 2. The maximum atomic E-state index is 13.6. The monoisotopic (exact) mass is 347 g/mol. The lowest BCUT2D eigenvalue weighted by molar-refractivity contribution is 0.00253. The number of alkyl halides is 1. The molecule has 0 aliphatic carbocycles. The van der Waals surface area contributed by atoms with E-state index in [9.17, 15) is 9.50 Å². The predicted octanol–water partition coefficient (Wildman–Crippen LogP) is 2.40. The van der Waals surface area contributed by atoms with Gasteiger partial charge < -0.3 is 14.9 Å². The molecule has 2 aromatic rings. The van der Waals surface area contributed by atoms with Gasteiger partial charge in [-0.1, -0.05) is 60.7 Å². The summed E-state index contributed by atoms with van der Waals surface area (Å²) in [4.78, 5) is 1.80. The van der Waals surface area contributed by atoms with Gasteiger partial charge in [-0.3, -0.25) is 4.90 Å². The zero-order valence-electron chi connectivity index (χ0n) is 14.3. The van der Waals surface area contributed by atoms with Crippen LogP contribution in [0, 0.1) is 0 Å². The Morgan fingerprint density at radius 2 is 1.52 bits per heavy atom. The van der Waals surface area contributed by atoms with Crippen LogP contribution in [0.25, 0.3) is 0 Å². The summed E-state index contributed by atoms with van der Waals surface area (Å²) in [5, 5.41) is 19.2. The van der Waals surface area contributed by atoms with E-state index in [0.717, 1.165) is 11.1 Å². The highest BCUT2D eigenvalue weighted by molar-refractivity contribution is 5.14. The molecule has 0 unspecified atom stereocenters. The van der Waals surface area contributed by atoms with Crippen LogP contribution in [0.1, 0.15) is 11.1 Å². The minimum atomic E-state index is -1.33. The van der Waals surface area contributed by atoms with Crippen LogP contribution in [0.3, 0.4) is 0 Å². The lowest BCUT2D eigenvalue weighted by Gasteiger charge is -2.26. The fourth-order valence-corrected chi connectivity index (χ4v) is 2.62. The van der Waals surface area contributed by atoms with Gasteiger partial charge in [0.2, 0.25) is 0 Å². The second-order valence-electron chi connectivity index (χ2n) is 6.11. The van der Waals surface area contributed by atoms with E-state index >= 15 is 0 Å². The summed E-state index contributed by atoms with van der Waals surface area (Å²) in [6.07, 6.45) is -2.06. The van der Waals surface area contributed by atoms with E-state index in [-0.39, 0.29) is 19.7 Å². The van der Waals surface area contributed by atoms with E-state index in [1.54, 1.807) is 4.90 Å². The smallest absolute Gasteiger partial charge is 0.136 e. The fourth-order valence-electron chi connectivity index (χ4n) is 2.62. The number of hydrogen-bond acceptors (Lipinski definition) is 4. The Morgan fingerprint density at radius 1 is 0.920 bits per heavy atom. The first kappa shape index (κ1) is 19.5. The van der Waals surface area contributed by atoms with Crippen LogP contribution in [-0.2, 0) is 17.9 Å². The molecule has 5 heteroatoms. The van der Waals surface area contributed by atoms with Crippen molar-refractivity contribution in [3.8, 4) is 0 Å². The van der Waals surface area contributed by atoms with Crippen LogP contribution in [0.2, 0.25) is 0 Å². The highest BCUT2D eigenvalue weighted by atomic mass is 19.1. The number of ether oxygens (including phenoxy) is 1. The molecule has 0 radical (unpaired) electrons. The van der Waals surface area contributed by atoms with E-state index in [1.165, 1.54) is 0 Å². The third-order valence-corrected chi connectivity index (χ3v) is 3.79. The molecule has 0 saturated heterocycles. The molecule has 2 rings (SSSR count). The highest BCUT2D eigenvalue weighted by Crippen LogP contribution is 2.08. The summed E-state index contributed by atoms with van der Waals surface area (Å²) in [5.74, 6) is 0. The number of nitrogens with zero attached hydrogens (tertiary/aromatic N) is 1. The van der Waals surface area contributed by atoms with Crippen LogP contribution >= 0.6 is 0 Å². The number of rotatable bonds is 11. The van der Waals surface area contributed by atoms with Crippen molar-refractivity contribution in [2.45, 2.75) is 25.4 Å². The van der Waals surface area contributed by atoms with Crippen molar-refractivity contribution < 1.29 is 19.3 Å². The van der Waals surface area contributed by atoms with E-state index in [2.05, 4.69) is 0 Å². The first-order valence-electron chi connectivity index (χ1n) is 8.48. The molecule has 0 spiro atoms. The molecule has 25 heavy (non-hydrogen) atoms. The summed E-state index contributed by atoms with van der Waals surface area (Å²) in [6, 6.07) is 19.4. The molecule has 2 atom stereocenters. The standard InChI is InChI=1S/C20H26FNO3/c21-19(14-23)12-22(11-17-7-3-1-4-8-17)13-20(24)16-25-15-18-9-5-2-6-10-18/h1-10,19-20,23-24H,11-16H2/t19-,20+/m1/s1. The van der Waals surface area contributed by atoms with Crippen molar-refractivity contribution in [3.63, 3.8) is 0 Å². The lowest BCUT2D eigenvalue weighted by Crippen LogP contribution is -2.39. The molecule has 0 aliphatic rings. The zero-order chi connectivity index (χ0) is 17.9. The average Bonchev–Trinajstić information content (AvgIpc) is 2.63. The van der Waals surface area contributed by atoms with Crippen molar-refractivity contribution in [3.05, 3.63) is 71.8 Å². The molecule has 4 nitrogen and oxygen atoms in total. The first-order valence-corrected chi connectivity index (χ1v) is 8.48. The Bertz CT molecular complexity index is 582. The number of benzene rings is 2. The van der Waals surface area contributed by atoms with Gasteiger partial charge in [0.05, 0.1) is 25.9 Å². The molecule has 0 amide bonds. The van der Waals surface area contributed by atoms with Crippen molar-refractivity contribution in [1.82, 2.24) is 4.90 Å². The molecule has 2 aromatic carbocycles. The maximum absolute atomic E-state index is 13.6. The van der Waals surface area contributed by atoms with Crippen LogP contribution < -0.4 is 0 Å². The molecule has 0 fully saturated rings. The minimum Gasteiger partial charge on any atom is -0.393 e. The number of aliphatic hydroxyl groups excluding tert-OH is 2. The SMILES string of the molecule is OC[C@H](F)CN(Cc1ccccc1)C[C@H](O)COCc1ccccc1. The zero-order valence-corrected chi connectivity index (χ0v) is 14.3. The lowest BCUT2D eigenvalue weighted by atomic mass is 10.2. The van der Waals surface area contributed by atoms with Crippen LogP contribution in [-0.4, -0.2) is 53.7 Å². The molecular weight excluding hydrogens is 321 g/mol. The van der Waals surface area contributed by atoms with Crippen molar-refractivity contribution in [2.24, 2.45) is 0 Å². The van der Waals surface area contributed by atoms with Gasteiger partial charge in [0.25, 0.3) is 0 Å². The minimum absolute atomic E-state index is 0.0706. The predicted molar refractivity (Wildman–Crippen MR) is 95.8 cm³/mol. The Kier molecular flexibility index (Phi) is 8.55. The van der Waals surface area contributed by atoms with Crippen molar-refractivity contribution in [2.75, 3.05) is 26.3 Å². The van der Waals surface area contributed by atoms with Crippen molar-refractivity contribution in [1.29, 1.82) is 0 Å². The Balaban J connectivity index is 1.82. The van der Waals surface area contributed by atoms with Gasteiger partial charge in [-0.15, -0.1) is 0 Å². The number of halogens is 1. The quantitative estimate of drug-likeness (QED) is 0.655. The second-order valence-corrected chi connectivity index (χ2v) is 6.11. The molecular formula is C20H26FNO3. The van der Waals surface area contributed by atoms with Crippen LogP contribution in [0.5, 0.6) is 0 Å². The molecule has 0 bridgehead atoms. The first-order chi connectivity index (χ1) is 12.2. The van der Waals surface area contributed by atoms with Gasteiger partial charge in [-0.2, -0.15) is 0 Å². The van der Waals surface area contributed by atoms with Gasteiger partial charge in [0, 0.05) is 19.6 Å². The third-order valence-electron chi connectivity index (χ3n) is 3.79. The normalized spacial score (nSPS) is 13.8. The highest BCUT2D eigenvalue weighted by Gasteiger charge is 2.17. The summed E-state index contributed by atoms with van der Waals surface area (Å²) in [5.41, 5.74) is 2.07. The van der Waals surface area contributed by atoms with Gasteiger partial charge in [0.15, 0.2) is 0 Å². The van der Waals surface area contributed by atoms with Crippen LogP contribution in [0.15, 0.2) is 60.7 Å². The second kappa shape index (κ2) is 10.9. The van der Waals surface area contributed by atoms with E-state index in [0.29, 0.717) is 13.2 Å². The van der Waals surface area contributed by atoms with Gasteiger partial charge in [-0.05, 0) is 11.1 Å². The molecule has 2 N–H and O–H groups in total. The van der Waals surface area contributed by atoms with Crippen molar-refractivity contribution >= 4 is 0 Å². The topological polar surface area (TPSA) is 52.9 Å². The Morgan fingerprint density at radius 3 is 2.12 bits per heavy atom. The Labute approximate surface area is 148 Å². The summed E-state index contributed by atoms with van der Waals surface area (Å²) < 4.78 is 19.1. The molecule has 0 heterocycles. The molecule has 0 aliphatic heterocycles. The fraction of sp³-hybridized carbons (Fsp3) is 0.400. The summed E-state index contributed by atoms with van der Waals surface area (Å²) in [6.45, 7) is 0.948. The van der Waals surface area contributed by atoms with E-state index in [4.69, 9.17) is 9.84 Å². The summed E-state index contributed by atoms with van der Waals surface area (Å²) in [7, 11) is 0. The molecule has 136 valence electrons. The van der Waals surface area contributed by atoms with Gasteiger partial charge in [-0.25, -0.2) is 4.39 Å². The third kappa shape index (κ3) is 7.75. The average molecular weight is 347 g/mol. The van der Waals surface area contributed by atoms with E-state index in [1.807, 2.05) is 60.7 Å².